The van der Waals surface area contributed by atoms with Gasteiger partial charge < -0.3 is 14.6 Å². The van der Waals surface area contributed by atoms with Crippen LogP contribution in [-0.4, -0.2) is 29.8 Å². The summed E-state index contributed by atoms with van der Waals surface area (Å²) < 4.78 is 11.0. The van der Waals surface area contributed by atoms with Crippen LogP contribution in [0.15, 0.2) is 22.7 Å². The molecule has 0 aliphatic carbocycles. The van der Waals surface area contributed by atoms with Crippen molar-refractivity contribution in [3.63, 3.8) is 0 Å². The molecule has 4 rings (SSSR count). The molecular formula is C18H23N3O2. The summed E-state index contributed by atoms with van der Waals surface area (Å²) in [7, 11) is 0. The number of ether oxygens (including phenoxy) is 1. The predicted molar refractivity (Wildman–Crippen MR) is 86.7 cm³/mol. The van der Waals surface area contributed by atoms with Crippen LogP contribution >= 0.6 is 0 Å². The number of hydrogen-bond acceptors (Lipinski definition) is 5. The van der Waals surface area contributed by atoms with Gasteiger partial charge in [0.25, 0.3) is 0 Å². The van der Waals surface area contributed by atoms with Gasteiger partial charge in [-0.1, -0.05) is 17.3 Å². The Kier molecular flexibility index (Phi) is 4.28. The maximum atomic E-state index is 5.55. The van der Waals surface area contributed by atoms with Crippen molar-refractivity contribution in [3.05, 3.63) is 41.0 Å². The van der Waals surface area contributed by atoms with Gasteiger partial charge in [-0.2, -0.15) is 4.98 Å². The Morgan fingerprint density at radius 2 is 2.22 bits per heavy atom. The largest absolute Gasteiger partial charge is 0.493 e. The summed E-state index contributed by atoms with van der Waals surface area (Å²) in [5, 5.41) is 7.61. The van der Waals surface area contributed by atoms with Gasteiger partial charge in [0.1, 0.15) is 5.75 Å². The van der Waals surface area contributed by atoms with E-state index in [4.69, 9.17) is 9.26 Å². The first-order valence-corrected chi connectivity index (χ1v) is 8.63. The fraction of sp³-hybridized carbons (Fsp3) is 0.556. The van der Waals surface area contributed by atoms with Crippen LogP contribution in [0.25, 0.3) is 0 Å². The number of fused-ring (bicyclic) bond motifs is 1. The first-order valence-electron chi connectivity index (χ1n) is 8.63. The van der Waals surface area contributed by atoms with Crippen LogP contribution in [0.4, 0.5) is 0 Å². The van der Waals surface area contributed by atoms with Crippen LogP contribution in [-0.2, 0) is 19.3 Å². The Hall–Kier alpha value is -1.88. The van der Waals surface area contributed by atoms with E-state index in [0.717, 1.165) is 56.4 Å². The van der Waals surface area contributed by atoms with Crippen molar-refractivity contribution in [1.82, 2.24) is 15.5 Å². The molecule has 0 bridgehead atoms. The van der Waals surface area contributed by atoms with Crippen LogP contribution in [0.3, 0.4) is 0 Å². The normalized spacial score (nSPS) is 20.8. The Morgan fingerprint density at radius 1 is 1.22 bits per heavy atom. The van der Waals surface area contributed by atoms with E-state index in [2.05, 4.69) is 33.7 Å². The summed E-state index contributed by atoms with van der Waals surface area (Å²) in [4.78, 5) is 4.59. The van der Waals surface area contributed by atoms with Crippen molar-refractivity contribution in [2.45, 2.75) is 38.5 Å². The van der Waals surface area contributed by atoms with Crippen molar-refractivity contribution in [2.75, 3.05) is 19.7 Å². The molecule has 1 fully saturated rings. The zero-order valence-corrected chi connectivity index (χ0v) is 13.4. The highest BCUT2D eigenvalue weighted by Gasteiger charge is 2.17. The molecule has 1 saturated heterocycles. The van der Waals surface area contributed by atoms with Crippen LogP contribution in [0, 0.1) is 5.92 Å². The second-order valence-corrected chi connectivity index (χ2v) is 6.57. The van der Waals surface area contributed by atoms with Gasteiger partial charge in [0.2, 0.25) is 5.89 Å². The topological polar surface area (TPSA) is 60.2 Å². The molecule has 1 N–H and O–H groups in total. The molecule has 3 heterocycles. The molecule has 1 aromatic carbocycles. The number of nitrogens with one attached hydrogen (secondary N) is 1. The zero-order chi connectivity index (χ0) is 15.5. The van der Waals surface area contributed by atoms with Gasteiger partial charge in [-0.25, -0.2) is 0 Å². The molecule has 5 heteroatoms. The molecule has 1 aromatic heterocycles. The third-order valence-electron chi connectivity index (χ3n) is 4.78. The summed E-state index contributed by atoms with van der Waals surface area (Å²) in [6.45, 7) is 3.03. The number of nitrogens with zero attached hydrogens (tertiary/aromatic N) is 2. The highest BCUT2D eigenvalue weighted by atomic mass is 16.5. The molecular weight excluding hydrogens is 290 g/mol. The molecule has 0 amide bonds. The highest BCUT2D eigenvalue weighted by Crippen LogP contribution is 2.26. The van der Waals surface area contributed by atoms with E-state index < -0.39 is 0 Å². The Balaban J connectivity index is 1.39. The number of hydrogen-bond donors (Lipinski definition) is 1. The molecule has 2 aliphatic heterocycles. The lowest BCUT2D eigenvalue weighted by atomic mass is 9.97. The monoisotopic (exact) mass is 313 g/mol. The fourth-order valence-electron chi connectivity index (χ4n) is 3.52. The molecule has 2 aliphatic rings. The summed E-state index contributed by atoms with van der Waals surface area (Å²) in [6, 6.07) is 6.35. The quantitative estimate of drug-likeness (QED) is 0.940. The maximum Gasteiger partial charge on any atom is 0.226 e. The summed E-state index contributed by atoms with van der Waals surface area (Å²) in [6.07, 6.45) is 6.31. The lowest BCUT2D eigenvalue weighted by Gasteiger charge is -2.09. The SMILES string of the molecule is c1cc2c(cc1Cc1noc(CC3CCCNCC3)n1)CCO2. The van der Waals surface area contributed by atoms with Crippen LogP contribution in [0.2, 0.25) is 0 Å². The van der Waals surface area contributed by atoms with E-state index in [-0.39, 0.29) is 0 Å². The molecule has 0 spiro atoms. The standard InChI is InChI=1S/C18H23N3O2/c1-2-13(5-8-19-7-1)12-18-20-17(21-23-18)11-14-3-4-16-15(10-14)6-9-22-16/h3-4,10,13,19H,1-2,5-9,11-12H2. The van der Waals surface area contributed by atoms with Gasteiger partial charge in [0.15, 0.2) is 5.82 Å². The average molecular weight is 313 g/mol. The fourth-order valence-corrected chi connectivity index (χ4v) is 3.52. The van der Waals surface area contributed by atoms with E-state index in [0.29, 0.717) is 5.92 Å². The lowest BCUT2D eigenvalue weighted by molar-refractivity contribution is 0.339. The lowest BCUT2D eigenvalue weighted by Crippen LogP contribution is -2.14. The van der Waals surface area contributed by atoms with E-state index in [1.54, 1.807) is 0 Å². The Bertz CT molecular complexity index is 660. The van der Waals surface area contributed by atoms with Gasteiger partial charge in [-0.05, 0) is 55.5 Å². The smallest absolute Gasteiger partial charge is 0.226 e. The highest BCUT2D eigenvalue weighted by molar-refractivity contribution is 5.40. The van der Waals surface area contributed by atoms with Gasteiger partial charge in [0.05, 0.1) is 6.61 Å². The number of rotatable bonds is 4. The first kappa shape index (κ1) is 14.7. The summed E-state index contributed by atoms with van der Waals surface area (Å²) in [5.74, 6) is 3.25. The molecule has 1 unspecified atom stereocenters. The van der Waals surface area contributed by atoms with Gasteiger partial charge in [-0.3, -0.25) is 0 Å². The van der Waals surface area contributed by atoms with Gasteiger partial charge in [-0.15, -0.1) is 0 Å². The van der Waals surface area contributed by atoms with Crippen LogP contribution in [0.1, 0.15) is 42.1 Å². The molecule has 0 radical (unpaired) electrons. The second kappa shape index (κ2) is 6.71. The third-order valence-corrected chi connectivity index (χ3v) is 4.78. The van der Waals surface area contributed by atoms with Crippen LogP contribution < -0.4 is 10.1 Å². The van der Waals surface area contributed by atoms with Gasteiger partial charge in [0, 0.05) is 19.3 Å². The summed E-state index contributed by atoms with van der Waals surface area (Å²) in [5.41, 5.74) is 2.51. The molecule has 5 nitrogen and oxygen atoms in total. The van der Waals surface area contributed by atoms with E-state index in [1.165, 1.54) is 30.4 Å². The maximum absolute atomic E-state index is 5.55. The minimum Gasteiger partial charge on any atom is -0.493 e. The van der Waals surface area contributed by atoms with Crippen molar-refractivity contribution in [2.24, 2.45) is 5.92 Å². The zero-order valence-electron chi connectivity index (χ0n) is 13.4. The average Bonchev–Trinajstić information content (AvgIpc) is 3.11. The van der Waals surface area contributed by atoms with E-state index in [1.807, 2.05) is 0 Å². The minimum absolute atomic E-state index is 0.662. The molecule has 122 valence electrons. The van der Waals surface area contributed by atoms with E-state index in [9.17, 15) is 0 Å². The van der Waals surface area contributed by atoms with Crippen molar-refractivity contribution >= 4 is 0 Å². The van der Waals surface area contributed by atoms with Crippen molar-refractivity contribution < 1.29 is 9.26 Å². The molecule has 0 saturated carbocycles. The van der Waals surface area contributed by atoms with Crippen LogP contribution in [0.5, 0.6) is 5.75 Å². The number of aromatic nitrogens is 2. The molecule has 23 heavy (non-hydrogen) atoms. The number of benzene rings is 1. The minimum atomic E-state index is 0.662. The molecule has 2 aromatic rings. The first-order chi connectivity index (χ1) is 11.4. The van der Waals surface area contributed by atoms with E-state index >= 15 is 0 Å². The van der Waals surface area contributed by atoms with Gasteiger partial charge >= 0.3 is 0 Å². The Labute approximate surface area is 136 Å². The Morgan fingerprint density at radius 3 is 3.22 bits per heavy atom. The second-order valence-electron chi connectivity index (χ2n) is 6.57. The van der Waals surface area contributed by atoms with Crippen molar-refractivity contribution in [3.8, 4) is 5.75 Å². The predicted octanol–water partition coefficient (Wildman–Crippen LogP) is 2.53. The molecule has 1 atom stereocenters. The van der Waals surface area contributed by atoms with Crippen molar-refractivity contribution in [1.29, 1.82) is 0 Å². The summed E-state index contributed by atoms with van der Waals surface area (Å²) >= 11 is 0. The third kappa shape index (κ3) is 3.55.